The predicted octanol–water partition coefficient (Wildman–Crippen LogP) is 2.62. The van der Waals surface area contributed by atoms with Gasteiger partial charge in [-0.3, -0.25) is 4.79 Å². The summed E-state index contributed by atoms with van der Waals surface area (Å²) in [7, 11) is 0. The monoisotopic (exact) mass is 410 g/mol. The highest BCUT2D eigenvalue weighted by molar-refractivity contribution is 5.91. The van der Waals surface area contributed by atoms with Crippen LogP contribution in [0.15, 0.2) is 77.4 Å². The molecule has 0 aliphatic carbocycles. The van der Waals surface area contributed by atoms with Gasteiger partial charge in [-0.2, -0.15) is 0 Å². The van der Waals surface area contributed by atoms with E-state index in [4.69, 9.17) is 13.9 Å². The lowest BCUT2D eigenvalue weighted by atomic mass is 10.2. The molecule has 0 saturated carbocycles. The standard InChI is InChI=1S/C23H26N2O5/c26-19(15-24-12-13-25-23(27)22-11-6-14-28-22)17-30-21-10-5-4-9-20(21)29-16-18-7-2-1-3-8-18/h1-11,14,19,24,26H,12-13,15-17H2,(H,25,27). The van der Waals surface area contributed by atoms with Crippen LogP contribution >= 0.6 is 0 Å². The zero-order valence-electron chi connectivity index (χ0n) is 16.6. The van der Waals surface area contributed by atoms with Crippen LogP contribution in [0.4, 0.5) is 0 Å². The summed E-state index contributed by atoms with van der Waals surface area (Å²) in [5, 5.41) is 15.9. The largest absolute Gasteiger partial charge is 0.487 e. The minimum Gasteiger partial charge on any atom is -0.487 e. The summed E-state index contributed by atoms with van der Waals surface area (Å²) in [5.41, 5.74) is 1.07. The third-order valence-corrected chi connectivity index (χ3v) is 4.23. The van der Waals surface area contributed by atoms with Gasteiger partial charge in [0.05, 0.1) is 6.26 Å². The van der Waals surface area contributed by atoms with Gasteiger partial charge >= 0.3 is 0 Å². The van der Waals surface area contributed by atoms with E-state index >= 15 is 0 Å². The lowest BCUT2D eigenvalue weighted by Crippen LogP contribution is -2.37. The molecule has 7 nitrogen and oxygen atoms in total. The number of nitrogens with one attached hydrogen (secondary N) is 2. The van der Waals surface area contributed by atoms with Gasteiger partial charge in [-0.1, -0.05) is 42.5 Å². The topological polar surface area (TPSA) is 93.0 Å². The molecule has 1 amide bonds. The van der Waals surface area contributed by atoms with Gasteiger partial charge in [-0.25, -0.2) is 0 Å². The highest BCUT2D eigenvalue weighted by atomic mass is 16.5. The Kier molecular flexibility index (Phi) is 8.32. The van der Waals surface area contributed by atoms with Gasteiger partial charge in [-0.05, 0) is 29.8 Å². The fourth-order valence-electron chi connectivity index (χ4n) is 2.70. The summed E-state index contributed by atoms with van der Waals surface area (Å²) in [6, 6.07) is 20.5. The van der Waals surface area contributed by atoms with Crippen molar-refractivity contribution < 1.29 is 23.8 Å². The van der Waals surface area contributed by atoms with Crippen molar-refractivity contribution in [1.29, 1.82) is 0 Å². The summed E-state index contributed by atoms with van der Waals surface area (Å²) in [4.78, 5) is 11.7. The first kappa shape index (κ1) is 21.4. The van der Waals surface area contributed by atoms with E-state index in [1.54, 1.807) is 12.1 Å². The first-order valence-electron chi connectivity index (χ1n) is 9.81. The van der Waals surface area contributed by atoms with Crippen molar-refractivity contribution in [1.82, 2.24) is 10.6 Å². The van der Waals surface area contributed by atoms with Gasteiger partial charge in [-0.15, -0.1) is 0 Å². The number of carbonyl (C=O) groups excluding carboxylic acids is 1. The fraction of sp³-hybridized carbons (Fsp3) is 0.261. The summed E-state index contributed by atoms with van der Waals surface area (Å²) < 4.78 is 16.6. The Balaban J connectivity index is 1.34. The Morgan fingerprint density at radius 3 is 2.40 bits per heavy atom. The maximum absolute atomic E-state index is 11.7. The van der Waals surface area contributed by atoms with Crippen LogP contribution in [0, 0.1) is 0 Å². The third-order valence-electron chi connectivity index (χ3n) is 4.23. The second kappa shape index (κ2) is 11.6. The van der Waals surface area contributed by atoms with E-state index in [-0.39, 0.29) is 18.3 Å². The number of furan rings is 1. The molecule has 3 aromatic rings. The quantitative estimate of drug-likeness (QED) is 0.398. The molecule has 1 atom stereocenters. The van der Waals surface area contributed by atoms with Gasteiger partial charge in [0.1, 0.15) is 19.3 Å². The number of amides is 1. The zero-order chi connectivity index (χ0) is 21.0. The smallest absolute Gasteiger partial charge is 0.287 e. The molecule has 0 saturated heterocycles. The molecule has 30 heavy (non-hydrogen) atoms. The molecule has 1 aromatic heterocycles. The van der Waals surface area contributed by atoms with Crippen molar-refractivity contribution in [2.45, 2.75) is 12.7 Å². The summed E-state index contributed by atoms with van der Waals surface area (Å²) in [6.45, 7) is 1.83. The molecule has 2 aromatic carbocycles. The SMILES string of the molecule is O=C(NCCNCC(O)COc1ccccc1OCc1ccccc1)c1ccco1. The molecule has 0 radical (unpaired) electrons. The molecule has 0 aliphatic rings. The van der Waals surface area contributed by atoms with E-state index in [0.717, 1.165) is 5.56 Å². The Labute approximate surface area is 175 Å². The van der Waals surface area contributed by atoms with Crippen molar-refractivity contribution in [3.8, 4) is 11.5 Å². The summed E-state index contributed by atoms with van der Waals surface area (Å²) >= 11 is 0. The molecule has 0 bridgehead atoms. The first-order chi connectivity index (χ1) is 14.7. The molecule has 1 unspecified atom stereocenters. The molecule has 0 fully saturated rings. The number of hydrogen-bond acceptors (Lipinski definition) is 6. The van der Waals surface area contributed by atoms with Gasteiger partial charge < -0.3 is 29.6 Å². The molecule has 3 N–H and O–H groups in total. The number of aliphatic hydroxyl groups is 1. The number of para-hydroxylation sites is 2. The normalized spacial score (nSPS) is 11.6. The number of carbonyl (C=O) groups is 1. The van der Waals surface area contributed by atoms with Crippen LogP contribution in [0.5, 0.6) is 11.5 Å². The van der Waals surface area contributed by atoms with Crippen LogP contribution in [-0.4, -0.2) is 43.4 Å². The van der Waals surface area contributed by atoms with E-state index < -0.39 is 6.10 Å². The Morgan fingerprint density at radius 1 is 0.933 bits per heavy atom. The lowest BCUT2D eigenvalue weighted by Gasteiger charge is -2.16. The number of ether oxygens (including phenoxy) is 2. The average molecular weight is 410 g/mol. The van der Waals surface area contributed by atoms with E-state index in [2.05, 4.69) is 10.6 Å². The van der Waals surface area contributed by atoms with Crippen LogP contribution in [0.25, 0.3) is 0 Å². The molecule has 7 heteroatoms. The number of benzene rings is 2. The second-order valence-corrected chi connectivity index (χ2v) is 6.62. The van der Waals surface area contributed by atoms with E-state index in [1.165, 1.54) is 6.26 Å². The van der Waals surface area contributed by atoms with Crippen molar-refractivity contribution in [3.05, 3.63) is 84.3 Å². The van der Waals surface area contributed by atoms with E-state index in [9.17, 15) is 9.90 Å². The minimum absolute atomic E-state index is 0.122. The van der Waals surface area contributed by atoms with Crippen LogP contribution in [-0.2, 0) is 6.61 Å². The van der Waals surface area contributed by atoms with Crippen LogP contribution in [0.3, 0.4) is 0 Å². The maximum Gasteiger partial charge on any atom is 0.287 e. The molecule has 0 spiro atoms. The summed E-state index contributed by atoms with van der Waals surface area (Å²) in [6.07, 6.45) is 0.752. The van der Waals surface area contributed by atoms with Crippen molar-refractivity contribution >= 4 is 5.91 Å². The molecular weight excluding hydrogens is 384 g/mol. The molecule has 0 aliphatic heterocycles. The number of hydrogen-bond donors (Lipinski definition) is 3. The average Bonchev–Trinajstić information content (AvgIpc) is 3.32. The minimum atomic E-state index is -0.701. The van der Waals surface area contributed by atoms with Gasteiger partial charge in [0, 0.05) is 19.6 Å². The fourth-order valence-corrected chi connectivity index (χ4v) is 2.70. The zero-order valence-corrected chi connectivity index (χ0v) is 16.6. The number of aliphatic hydroxyl groups excluding tert-OH is 1. The second-order valence-electron chi connectivity index (χ2n) is 6.62. The van der Waals surface area contributed by atoms with Gasteiger partial charge in [0.2, 0.25) is 0 Å². The highest BCUT2D eigenvalue weighted by Gasteiger charge is 2.10. The Morgan fingerprint density at radius 2 is 1.67 bits per heavy atom. The van der Waals surface area contributed by atoms with Gasteiger partial charge in [0.25, 0.3) is 5.91 Å². The lowest BCUT2D eigenvalue weighted by molar-refractivity contribution is 0.0922. The van der Waals surface area contributed by atoms with Crippen molar-refractivity contribution in [2.24, 2.45) is 0 Å². The first-order valence-corrected chi connectivity index (χ1v) is 9.81. The van der Waals surface area contributed by atoms with Crippen molar-refractivity contribution in [2.75, 3.05) is 26.2 Å². The molecule has 3 rings (SSSR count). The van der Waals surface area contributed by atoms with Crippen LogP contribution < -0.4 is 20.1 Å². The highest BCUT2D eigenvalue weighted by Crippen LogP contribution is 2.27. The number of rotatable bonds is 12. The Bertz CT molecular complexity index is 884. The molecule has 1 heterocycles. The Hall–Kier alpha value is -3.29. The van der Waals surface area contributed by atoms with Crippen molar-refractivity contribution in [3.63, 3.8) is 0 Å². The van der Waals surface area contributed by atoms with Crippen LogP contribution in [0.2, 0.25) is 0 Å². The molecular formula is C23H26N2O5. The predicted molar refractivity (Wildman–Crippen MR) is 113 cm³/mol. The van der Waals surface area contributed by atoms with Gasteiger partial charge in [0.15, 0.2) is 17.3 Å². The maximum atomic E-state index is 11.7. The third kappa shape index (κ3) is 6.95. The summed E-state index contributed by atoms with van der Waals surface area (Å²) in [5.74, 6) is 1.22. The molecule has 158 valence electrons. The van der Waals surface area contributed by atoms with E-state index in [0.29, 0.717) is 37.7 Å². The van der Waals surface area contributed by atoms with E-state index in [1.807, 2.05) is 54.6 Å². The van der Waals surface area contributed by atoms with Crippen LogP contribution in [0.1, 0.15) is 16.1 Å².